The lowest BCUT2D eigenvalue weighted by molar-refractivity contribution is -0.0829. The maximum atomic E-state index is 3.48. The second-order valence-electron chi connectivity index (χ2n) is 6.05. The van der Waals surface area contributed by atoms with E-state index in [1.165, 1.54) is 58.3 Å². The predicted octanol–water partition coefficient (Wildman–Crippen LogP) is 1.86. The van der Waals surface area contributed by atoms with E-state index in [9.17, 15) is 0 Å². The Kier molecular flexibility index (Phi) is 2.52. The number of likely N-dealkylation sites (tertiary alicyclic amines) is 1. The Hall–Kier alpha value is -0.0800. The fraction of sp³-hybridized carbons (Fsp3) is 1.00. The molecule has 0 aromatic rings. The van der Waals surface area contributed by atoms with Crippen molar-refractivity contribution < 1.29 is 0 Å². The first kappa shape index (κ1) is 10.1. The Bertz CT molecular complexity index is 219. The van der Waals surface area contributed by atoms with E-state index < -0.39 is 0 Å². The molecule has 1 aliphatic carbocycles. The molecule has 0 bridgehead atoms. The van der Waals surface area contributed by atoms with Gasteiger partial charge in [-0.25, -0.2) is 0 Å². The third kappa shape index (κ3) is 1.72. The molecule has 2 heteroatoms. The van der Waals surface area contributed by atoms with Crippen LogP contribution in [0.15, 0.2) is 0 Å². The van der Waals surface area contributed by atoms with Gasteiger partial charge in [0.25, 0.3) is 0 Å². The highest BCUT2D eigenvalue weighted by Crippen LogP contribution is 2.44. The Morgan fingerprint density at radius 3 is 2.47 bits per heavy atom. The standard InChI is InChI=1S/C13H24N2/c1-2-11-7-12(8-11)15-9-13(10-15)3-5-14-6-4-13/h11-12,14H,2-10H2,1H3. The first-order valence-electron chi connectivity index (χ1n) is 6.76. The molecular formula is C13H24N2. The van der Waals surface area contributed by atoms with Gasteiger partial charge in [0, 0.05) is 19.1 Å². The summed E-state index contributed by atoms with van der Waals surface area (Å²) < 4.78 is 0. The highest BCUT2D eigenvalue weighted by atomic mass is 15.2. The van der Waals surface area contributed by atoms with Gasteiger partial charge in [0.1, 0.15) is 0 Å². The summed E-state index contributed by atoms with van der Waals surface area (Å²) in [5, 5.41) is 3.48. The molecule has 1 N–H and O–H groups in total. The minimum Gasteiger partial charge on any atom is -0.317 e. The molecule has 3 rings (SSSR count). The van der Waals surface area contributed by atoms with Crippen molar-refractivity contribution in [1.29, 1.82) is 0 Å². The van der Waals surface area contributed by atoms with E-state index in [1.807, 2.05) is 0 Å². The lowest BCUT2D eigenvalue weighted by Crippen LogP contribution is -2.64. The van der Waals surface area contributed by atoms with E-state index in [-0.39, 0.29) is 0 Å². The van der Waals surface area contributed by atoms with Gasteiger partial charge in [-0.2, -0.15) is 0 Å². The van der Waals surface area contributed by atoms with Gasteiger partial charge >= 0.3 is 0 Å². The summed E-state index contributed by atoms with van der Waals surface area (Å²) in [5.74, 6) is 1.06. The summed E-state index contributed by atoms with van der Waals surface area (Å²) in [6, 6.07) is 0.968. The Labute approximate surface area is 93.4 Å². The summed E-state index contributed by atoms with van der Waals surface area (Å²) in [6.07, 6.45) is 7.23. The topological polar surface area (TPSA) is 15.3 Å². The Morgan fingerprint density at radius 1 is 1.20 bits per heavy atom. The summed E-state index contributed by atoms with van der Waals surface area (Å²) >= 11 is 0. The van der Waals surface area contributed by atoms with Crippen LogP contribution < -0.4 is 5.32 Å². The first-order valence-corrected chi connectivity index (χ1v) is 6.76. The predicted molar refractivity (Wildman–Crippen MR) is 62.9 cm³/mol. The quantitative estimate of drug-likeness (QED) is 0.745. The van der Waals surface area contributed by atoms with Gasteiger partial charge in [0.15, 0.2) is 0 Å². The van der Waals surface area contributed by atoms with E-state index in [0.717, 1.165) is 17.4 Å². The van der Waals surface area contributed by atoms with Crippen LogP contribution in [0, 0.1) is 11.3 Å². The third-order valence-corrected chi connectivity index (χ3v) is 5.05. The Balaban J connectivity index is 1.45. The van der Waals surface area contributed by atoms with Crippen molar-refractivity contribution in [3.05, 3.63) is 0 Å². The molecule has 0 unspecified atom stereocenters. The number of nitrogens with zero attached hydrogens (tertiary/aromatic N) is 1. The fourth-order valence-corrected chi connectivity index (χ4v) is 3.68. The van der Waals surface area contributed by atoms with Crippen molar-refractivity contribution in [3.8, 4) is 0 Å². The molecule has 0 radical (unpaired) electrons. The molecule has 15 heavy (non-hydrogen) atoms. The average Bonchev–Trinajstić information content (AvgIpc) is 2.15. The molecule has 0 atom stereocenters. The number of hydrogen-bond donors (Lipinski definition) is 1. The molecule has 86 valence electrons. The van der Waals surface area contributed by atoms with Crippen molar-refractivity contribution in [2.45, 2.75) is 45.1 Å². The van der Waals surface area contributed by atoms with Crippen LogP contribution in [-0.4, -0.2) is 37.1 Å². The zero-order chi connectivity index (χ0) is 10.3. The molecule has 1 spiro atoms. The van der Waals surface area contributed by atoms with Crippen LogP contribution in [0.5, 0.6) is 0 Å². The molecule has 3 aliphatic rings. The minimum absolute atomic E-state index is 0.739. The largest absolute Gasteiger partial charge is 0.317 e. The van der Waals surface area contributed by atoms with Crippen LogP contribution in [0.25, 0.3) is 0 Å². The number of rotatable bonds is 2. The van der Waals surface area contributed by atoms with Crippen molar-refractivity contribution in [1.82, 2.24) is 10.2 Å². The van der Waals surface area contributed by atoms with Gasteiger partial charge in [-0.1, -0.05) is 13.3 Å². The third-order valence-electron chi connectivity index (χ3n) is 5.05. The van der Waals surface area contributed by atoms with Gasteiger partial charge < -0.3 is 5.32 Å². The van der Waals surface area contributed by atoms with Crippen molar-refractivity contribution in [3.63, 3.8) is 0 Å². The summed E-state index contributed by atoms with van der Waals surface area (Å²) in [4.78, 5) is 2.76. The average molecular weight is 208 g/mol. The molecule has 2 saturated heterocycles. The van der Waals surface area contributed by atoms with E-state index in [4.69, 9.17) is 0 Å². The Morgan fingerprint density at radius 2 is 1.87 bits per heavy atom. The number of piperidine rings is 1. The molecule has 0 aromatic carbocycles. The number of hydrogen-bond acceptors (Lipinski definition) is 2. The van der Waals surface area contributed by atoms with Crippen LogP contribution in [0.2, 0.25) is 0 Å². The lowest BCUT2D eigenvalue weighted by Gasteiger charge is -2.58. The van der Waals surface area contributed by atoms with Crippen LogP contribution in [0.3, 0.4) is 0 Å². The molecule has 2 nitrogen and oxygen atoms in total. The molecule has 0 amide bonds. The monoisotopic (exact) mass is 208 g/mol. The molecule has 0 aromatic heterocycles. The van der Waals surface area contributed by atoms with Gasteiger partial charge in [-0.3, -0.25) is 4.90 Å². The molecule has 1 saturated carbocycles. The fourth-order valence-electron chi connectivity index (χ4n) is 3.68. The van der Waals surface area contributed by atoms with Crippen molar-refractivity contribution >= 4 is 0 Å². The van der Waals surface area contributed by atoms with Crippen LogP contribution in [0.1, 0.15) is 39.0 Å². The minimum atomic E-state index is 0.739. The van der Waals surface area contributed by atoms with Gasteiger partial charge in [0.05, 0.1) is 0 Å². The van der Waals surface area contributed by atoms with Crippen LogP contribution in [-0.2, 0) is 0 Å². The molecule has 3 fully saturated rings. The van der Waals surface area contributed by atoms with E-state index >= 15 is 0 Å². The van der Waals surface area contributed by atoms with Gasteiger partial charge in [-0.15, -0.1) is 0 Å². The molecular weight excluding hydrogens is 184 g/mol. The van der Waals surface area contributed by atoms with Crippen LogP contribution in [0.4, 0.5) is 0 Å². The zero-order valence-corrected chi connectivity index (χ0v) is 9.97. The zero-order valence-electron chi connectivity index (χ0n) is 9.97. The van der Waals surface area contributed by atoms with Gasteiger partial charge in [0.2, 0.25) is 0 Å². The van der Waals surface area contributed by atoms with Crippen LogP contribution >= 0.6 is 0 Å². The lowest BCUT2D eigenvalue weighted by atomic mass is 9.68. The second kappa shape index (κ2) is 3.74. The van der Waals surface area contributed by atoms with E-state index in [1.54, 1.807) is 0 Å². The summed E-state index contributed by atoms with van der Waals surface area (Å²) in [6.45, 7) is 7.68. The van der Waals surface area contributed by atoms with E-state index in [0.29, 0.717) is 0 Å². The second-order valence-corrected chi connectivity index (χ2v) is 6.05. The smallest absolute Gasteiger partial charge is 0.0101 e. The van der Waals surface area contributed by atoms with Crippen molar-refractivity contribution in [2.75, 3.05) is 26.2 Å². The molecule has 2 aliphatic heterocycles. The maximum absolute atomic E-state index is 3.48. The SMILES string of the molecule is CCC1CC(N2CC3(CCNCC3)C2)C1. The van der Waals surface area contributed by atoms with Crippen molar-refractivity contribution in [2.24, 2.45) is 11.3 Å². The normalized spacial score (nSPS) is 39.8. The first-order chi connectivity index (χ1) is 7.31. The summed E-state index contributed by atoms with van der Waals surface area (Å²) in [5.41, 5.74) is 0.739. The molecule has 2 heterocycles. The summed E-state index contributed by atoms with van der Waals surface area (Å²) in [7, 11) is 0. The maximum Gasteiger partial charge on any atom is 0.0101 e. The van der Waals surface area contributed by atoms with Gasteiger partial charge in [-0.05, 0) is 50.1 Å². The van der Waals surface area contributed by atoms with E-state index in [2.05, 4.69) is 17.1 Å². The highest BCUT2D eigenvalue weighted by Gasteiger charge is 2.47. The highest BCUT2D eigenvalue weighted by molar-refractivity contribution is 5.02. The number of nitrogens with one attached hydrogen (secondary N) is 1.